The third kappa shape index (κ3) is 3.00. The highest BCUT2D eigenvalue weighted by atomic mass is 28.3. The Kier molecular flexibility index (Phi) is 4.83. The quantitative estimate of drug-likeness (QED) is 0.267. The summed E-state index contributed by atoms with van der Waals surface area (Å²) in [5, 5.41) is 34.2. The van der Waals surface area contributed by atoms with Gasteiger partial charge in [0.25, 0.3) is 0 Å². The lowest BCUT2D eigenvalue weighted by molar-refractivity contribution is 1.32. The van der Waals surface area contributed by atoms with Crippen LogP contribution in [0, 0.1) is 40.6 Å². The van der Waals surface area contributed by atoms with Crippen molar-refractivity contribution < 1.29 is 0 Å². The third-order valence-corrected chi connectivity index (χ3v) is 11.2. The number of rotatable bonds is 1. The number of benzene rings is 4. The highest BCUT2D eigenvalue weighted by Gasteiger charge is 2.43. The lowest BCUT2D eigenvalue weighted by Gasteiger charge is -2.37. The van der Waals surface area contributed by atoms with E-state index in [1.807, 2.05) is 12.1 Å². The molecule has 1 aromatic heterocycles. The van der Waals surface area contributed by atoms with Gasteiger partial charge in [0, 0.05) is 5.39 Å². The van der Waals surface area contributed by atoms with Crippen molar-refractivity contribution in [3.8, 4) is 18.2 Å². The van der Waals surface area contributed by atoms with Gasteiger partial charge in [-0.25, -0.2) is 4.85 Å². The summed E-state index contributed by atoms with van der Waals surface area (Å²) in [6.45, 7) is 12.0. The number of nitrogens with zero attached hydrogens (tertiary/aromatic N) is 5. The van der Waals surface area contributed by atoms with Gasteiger partial charge in [0.15, 0.2) is 5.69 Å². The summed E-state index contributed by atoms with van der Waals surface area (Å²) in [5.74, 6) is 0. The Morgan fingerprint density at radius 3 is 1.84 bits per heavy atom. The largest absolute Gasteiger partial charge is 0.374 e. The molecule has 0 radical (unpaired) electrons. The van der Waals surface area contributed by atoms with Crippen LogP contribution in [0.1, 0.15) is 16.7 Å². The van der Waals surface area contributed by atoms with Gasteiger partial charge in [0.2, 0.25) is 0 Å². The predicted molar refractivity (Wildman–Crippen MR) is 150 cm³/mol. The van der Waals surface area contributed by atoms with Crippen LogP contribution >= 0.6 is 0 Å². The zero-order chi connectivity index (χ0) is 25.9. The molecule has 0 atom stereocenters. The first kappa shape index (κ1) is 22.4. The van der Waals surface area contributed by atoms with Crippen LogP contribution in [-0.4, -0.2) is 19.4 Å². The molecule has 6 rings (SSSR count). The Hall–Kier alpha value is -5.08. The number of nitriles is 3. The molecule has 0 bridgehead atoms. The predicted octanol–water partition coefficient (Wildman–Crippen LogP) is 3.75. The van der Waals surface area contributed by atoms with Crippen molar-refractivity contribution in [1.29, 1.82) is 15.8 Å². The van der Waals surface area contributed by atoms with Gasteiger partial charge in [-0.2, -0.15) is 15.8 Å². The van der Waals surface area contributed by atoms with E-state index in [9.17, 15) is 15.8 Å². The molecule has 7 heteroatoms. The molecule has 170 valence electrons. The summed E-state index contributed by atoms with van der Waals surface area (Å²) in [6, 6.07) is 30.5. The fourth-order valence-corrected chi connectivity index (χ4v) is 9.25. The topological polar surface area (TPSA) is 80.7 Å². The van der Waals surface area contributed by atoms with E-state index in [2.05, 4.69) is 77.0 Å². The van der Waals surface area contributed by atoms with Gasteiger partial charge >= 0.3 is 6.85 Å². The van der Waals surface area contributed by atoms with E-state index in [1.54, 1.807) is 24.3 Å². The smallest absolute Gasteiger partial charge is 0.328 e. The van der Waals surface area contributed by atoms with Crippen LogP contribution in [0.15, 0.2) is 72.8 Å². The van der Waals surface area contributed by atoms with Gasteiger partial charge in [-0.15, -0.1) is 0 Å². The zero-order valence-electron chi connectivity index (χ0n) is 20.2. The molecule has 0 saturated carbocycles. The number of hydrogen-bond acceptors (Lipinski definition) is 3. The van der Waals surface area contributed by atoms with Crippen molar-refractivity contribution in [2.45, 2.75) is 13.1 Å². The minimum atomic E-state index is -2.02. The molecule has 0 N–H and O–H groups in total. The van der Waals surface area contributed by atoms with Crippen LogP contribution in [0.5, 0.6) is 0 Å². The summed E-state index contributed by atoms with van der Waals surface area (Å²) in [6.07, 6.45) is 0. The van der Waals surface area contributed by atoms with Gasteiger partial charge in [-0.3, -0.25) is 0 Å². The van der Waals surface area contributed by atoms with Crippen LogP contribution in [0.4, 0.5) is 5.69 Å². The van der Waals surface area contributed by atoms with Crippen LogP contribution in [0.25, 0.3) is 26.7 Å². The second-order valence-electron chi connectivity index (χ2n) is 9.83. The van der Waals surface area contributed by atoms with Crippen molar-refractivity contribution in [3.63, 3.8) is 0 Å². The van der Waals surface area contributed by atoms with Gasteiger partial charge < -0.3 is 4.48 Å². The van der Waals surface area contributed by atoms with E-state index in [-0.39, 0.29) is 6.85 Å². The van der Waals surface area contributed by atoms with E-state index >= 15 is 0 Å². The second-order valence-corrected chi connectivity index (χ2v) is 14.2. The van der Waals surface area contributed by atoms with Crippen LogP contribution in [0.3, 0.4) is 0 Å². The first-order chi connectivity index (χ1) is 17.9. The molecule has 2 heterocycles. The van der Waals surface area contributed by atoms with Crippen molar-refractivity contribution in [3.05, 3.63) is 101 Å². The molecule has 0 saturated heterocycles. The normalized spacial score (nSPS) is 13.2. The summed E-state index contributed by atoms with van der Waals surface area (Å²) in [4.78, 5) is 3.60. The highest BCUT2D eigenvalue weighted by molar-refractivity contribution is 7.11. The monoisotopic (exact) mass is 487 g/mol. The molecule has 0 spiro atoms. The van der Waals surface area contributed by atoms with Crippen molar-refractivity contribution in [2.24, 2.45) is 0 Å². The van der Waals surface area contributed by atoms with Crippen molar-refractivity contribution >= 4 is 63.7 Å². The molecule has 1 aliphatic heterocycles. The number of hydrogen-bond donors (Lipinski definition) is 0. The Labute approximate surface area is 216 Å². The molecule has 5 aromatic rings. The molecule has 4 aromatic carbocycles. The maximum atomic E-state index is 10.2. The number of fused-ring (bicyclic) bond motifs is 5. The molecule has 0 aliphatic carbocycles. The van der Waals surface area contributed by atoms with E-state index < -0.39 is 8.07 Å². The van der Waals surface area contributed by atoms with Gasteiger partial charge in [-0.05, 0) is 29.7 Å². The van der Waals surface area contributed by atoms with E-state index in [0.717, 1.165) is 10.9 Å². The van der Waals surface area contributed by atoms with E-state index in [4.69, 9.17) is 6.57 Å². The molecular formula is C30H18BN5Si. The molecule has 0 unspecified atom stereocenters. The first-order valence-corrected chi connectivity index (χ1v) is 14.9. The SMILES string of the molecule is [C-]#[N+]c1cc(C#N)c2c(c1)c1cc(C#N)cc(C#N)c1n2B1c2ccccc2[Si](C)(C)c2ccccc21. The van der Waals surface area contributed by atoms with Crippen molar-refractivity contribution in [2.75, 3.05) is 0 Å². The van der Waals surface area contributed by atoms with E-state index in [0.29, 0.717) is 44.2 Å². The first-order valence-electron chi connectivity index (χ1n) is 11.9. The average molecular weight is 487 g/mol. The Morgan fingerprint density at radius 2 is 1.30 bits per heavy atom. The minimum absolute atomic E-state index is 0.279. The van der Waals surface area contributed by atoms with Gasteiger partial charge in [0.05, 0.1) is 46.4 Å². The summed E-state index contributed by atoms with van der Waals surface area (Å²) >= 11 is 0. The molecular weight excluding hydrogens is 469 g/mol. The summed E-state index contributed by atoms with van der Waals surface area (Å²) in [7, 11) is -2.02. The van der Waals surface area contributed by atoms with Crippen LogP contribution < -0.4 is 21.3 Å². The van der Waals surface area contributed by atoms with Crippen LogP contribution in [-0.2, 0) is 0 Å². The standard InChI is InChI=1S/C30H18BN5Si/c1-35-22-14-21(18-34)30-24(15-22)23-13-19(16-32)12-20(17-33)29(23)36(30)31-25-8-4-6-10-27(25)37(2,3)28-11-7-5-9-26(28)31/h4-15H,2-3H3. The highest BCUT2D eigenvalue weighted by Crippen LogP contribution is 2.37. The Morgan fingerprint density at radius 1 is 0.757 bits per heavy atom. The Bertz CT molecular complexity index is 1840. The molecule has 1 aliphatic rings. The van der Waals surface area contributed by atoms with Gasteiger partial charge in [0.1, 0.15) is 14.1 Å². The molecule has 5 nitrogen and oxygen atoms in total. The third-order valence-electron chi connectivity index (χ3n) is 7.59. The second kappa shape index (κ2) is 7.97. The summed E-state index contributed by atoms with van der Waals surface area (Å²) in [5.41, 5.74) is 5.12. The van der Waals surface area contributed by atoms with Crippen molar-refractivity contribution in [1.82, 2.24) is 4.48 Å². The Balaban J connectivity index is 1.89. The fourth-order valence-electron chi connectivity index (χ4n) is 6.05. The van der Waals surface area contributed by atoms with E-state index in [1.165, 1.54) is 10.4 Å². The lowest BCUT2D eigenvalue weighted by atomic mass is 9.49. The maximum absolute atomic E-state index is 10.2. The van der Waals surface area contributed by atoms with Gasteiger partial charge in [-0.1, -0.05) is 82.9 Å². The zero-order valence-corrected chi connectivity index (χ0v) is 21.2. The maximum Gasteiger partial charge on any atom is 0.328 e. The summed E-state index contributed by atoms with van der Waals surface area (Å²) < 4.78 is 2.11. The average Bonchev–Trinajstić information content (AvgIpc) is 3.26. The minimum Gasteiger partial charge on any atom is -0.374 e. The molecule has 37 heavy (non-hydrogen) atoms. The fraction of sp³-hybridized carbons (Fsp3) is 0.0667. The molecule has 0 amide bonds. The number of aromatic nitrogens is 1. The molecule has 0 fully saturated rings. The van der Waals surface area contributed by atoms with Crippen LogP contribution in [0.2, 0.25) is 13.1 Å². The lowest BCUT2D eigenvalue weighted by Crippen LogP contribution is -2.75.